The number of urea groups is 1. The molecule has 2 aromatic rings. The molecule has 1 unspecified atom stereocenters. The predicted octanol–water partition coefficient (Wildman–Crippen LogP) is 3.47. The first-order chi connectivity index (χ1) is 11.1. The van der Waals surface area contributed by atoms with Crippen LogP contribution in [0.5, 0.6) is 0 Å². The van der Waals surface area contributed by atoms with Gasteiger partial charge in [0.05, 0.1) is 0 Å². The lowest BCUT2D eigenvalue weighted by Gasteiger charge is -2.32. The Morgan fingerprint density at radius 3 is 2.91 bits per heavy atom. The zero-order valence-corrected chi connectivity index (χ0v) is 13.8. The standard InChI is InChI=1S/C16H19FN4OS/c1-11-18-15(23-20-11)19-16(22)21-8-2-3-13(10-21)9-12-4-6-14(17)7-5-12/h4-7,13H,2-3,8-10H2,1H3,(H,18,19,20,22). The molecule has 0 saturated carbocycles. The third kappa shape index (κ3) is 4.25. The largest absolute Gasteiger partial charge is 0.324 e. The quantitative estimate of drug-likeness (QED) is 0.935. The molecule has 122 valence electrons. The van der Waals surface area contributed by atoms with Crippen molar-refractivity contribution < 1.29 is 9.18 Å². The van der Waals surface area contributed by atoms with Crippen LogP contribution in [0.3, 0.4) is 0 Å². The van der Waals surface area contributed by atoms with Crippen LogP contribution in [0.1, 0.15) is 24.2 Å². The molecule has 1 atom stereocenters. The molecule has 0 radical (unpaired) electrons. The molecule has 0 bridgehead atoms. The zero-order valence-electron chi connectivity index (χ0n) is 13.0. The van der Waals surface area contributed by atoms with E-state index >= 15 is 0 Å². The number of anilines is 1. The summed E-state index contributed by atoms with van der Waals surface area (Å²) in [5.41, 5.74) is 1.11. The Hall–Kier alpha value is -2.02. The number of likely N-dealkylation sites (tertiary alicyclic amines) is 1. The van der Waals surface area contributed by atoms with E-state index in [0.29, 0.717) is 23.4 Å². The number of nitrogens with one attached hydrogen (secondary N) is 1. The van der Waals surface area contributed by atoms with Crippen molar-refractivity contribution in [1.29, 1.82) is 0 Å². The topological polar surface area (TPSA) is 58.1 Å². The highest BCUT2D eigenvalue weighted by molar-refractivity contribution is 7.09. The maximum absolute atomic E-state index is 13.0. The van der Waals surface area contributed by atoms with Gasteiger partial charge in [0.15, 0.2) is 0 Å². The van der Waals surface area contributed by atoms with Crippen molar-refractivity contribution in [2.45, 2.75) is 26.2 Å². The predicted molar refractivity (Wildman–Crippen MR) is 88.1 cm³/mol. The molecule has 0 aliphatic carbocycles. The number of hydrogen-bond donors (Lipinski definition) is 1. The summed E-state index contributed by atoms with van der Waals surface area (Å²) < 4.78 is 17.0. The summed E-state index contributed by atoms with van der Waals surface area (Å²) in [5, 5.41) is 3.34. The summed E-state index contributed by atoms with van der Waals surface area (Å²) in [7, 11) is 0. The Labute approximate surface area is 138 Å². The molecule has 1 N–H and O–H groups in total. The van der Waals surface area contributed by atoms with E-state index in [-0.39, 0.29) is 11.8 Å². The lowest BCUT2D eigenvalue weighted by molar-refractivity contribution is 0.177. The Morgan fingerprint density at radius 1 is 1.43 bits per heavy atom. The van der Waals surface area contributed by atoms with Crippen LogP contribution in [0.25, 0.3) is 0 Å². The summed E-state index contributed by atoms with van der Waals surface area (Å²) in [4.78, 5) is 18.3. The van der Waals surface area contributed by atoms with Gasteiger partial charge in [0, 0.05) is 24.6 Å². The fraction of sp³-hybridized carbons (Fsp3) is 0.438. The minimum Gasteiger partial charge on any atom is -0.324 e. The number of aryl methyl sites for hydroxylation is 1. The fourth-order valence-corrected chi connectivity index (χ4v) is 3.45. The van der Waals surface area contributed by atoms with Crippen molar-refractivity contribution in [2.24, 2.45) is 5.92 Å². The molecular weight excluding hydrogens is 315 g/mol. The normalized spacial score (nSPS) is 18.0. The highest BCUT2D eigenvalue weighted by Gasteiger charge is 2.24. The van der Waals surface area contributed by atoms with Gasteiger partial charge in [0.1, 0.15) is 11.6 Å². The van der Waals surface area contributed by atoms with Crippen LogP contribution >= 0.6 is 11.5 Å². The number of benzene rings is 1. The van der Waals surface area contributed by atoms with E-state index in [9.17, 15) is 9.18 Å². The highest BCUT2D eigenvalue weighted by Crippen LogP contribution is 2.22. The molecule has 0 spiro atoms. The van der Waals surface area contributed by atoms with Crippen molar-refractivity contribution in [3.63, 3.8) is 0 Å². The first-order valence-electron chi connectivity index (χ1n) is 7.71. The van der Waals surface area contributed by atoms with Crippen molar-refractivity contribution in [1.82, 2.24) is 14.3 Å². The van der Waals surface area contributed by atoms with Gasteiger partial charge in [-0.3, -0.25) is 5.32 Å². The van der Waals surface area contributed by atoms with Crippen LogP contribution in [-0.2, 0) is 6.42 Å². The minimum absolute atomic E-state index is 0.120. The van der Waals surface area contributed by atoms with Gasteiger partial charge in [-0.25, -0.2) is 14.2 Å². The zero-order chi connectivity index (χ0) is 16.2. The fourth-order valence-electron chi connectivity index (χ4n) is 2.89. The molecular formula is C16H19FN4OS. The third-order valence-electron chi connectivity index (χ3n) is 3.99. The molecule has 1 aromatic heterocycles. The highest BCUT2D eigenvalue weighted by atomic mass is 32.1. The monoisotopic (exact) mass is 334 g/mol. The molecule has 1 aliphatic rings. The third-order valence-corrected chi connectivity index (χ3v) is 4.71. The second-order valence-corrected chi connectivity index (χ2v) is 6.61. The van der Waals surface area contributed by atoms with E-state index in [4.69, 9.17) is 0 Å². The van der Waals surface area contributed by atoms with E-state index in [1.54, 1.807) is 6.92 Å². The Kier molecular flexibility index (Phi) is 4.85. The van der Waals surface area contributed by atoms with E-state index in [1.807, 2.05) is 17.0 Å². The molecule has 2 heterocycles. The number of carbonyl (C=O) groups excluding carboxylic acids is 1. The molecule has 5 nitrogen and oxygen atoms in total. The van der Waals surface area contributed by atoms with Crippen LogP contribution in [0.2, 0.25) is 0 Å². The first-order valence-corrected chi connectivity index (χ1v) is 8.48. The smallest absolute Gasteiger partial charge is 0.323 e. The Morgan fingerprint density at radius 2 is 2.22 bits per heavy atom. The van der Waals surface area contributed by atoms with E-state index in [0.717, 1.165) is 31.4 Å². The van der Waals surface area contributed by atoms with Crippen LogP contribution in [-0.4, -0.2) is 33.4 Å². The molecule has 2 amide bonds. The van der Waals surface area contributed by atoms with Crippen LogP contribution < -0.4 is 5.32 Å². The number of nitrogens with zero attached hydrogens (tertiary/aromatic N) is 3. The van der Waals surface area contributed by atoms with Crippen LogP contribution in [0, 0.1) is 18.7 Å². The number of piperidine rings is 1. The maximum atomic E-state index is 13.0. The molecule has 1 aliphatic heterocycles. The van der Waals surface area contributed by atoms with Crippen molar-refractivity contribution >= 4 is 22.7 Å². The first kappa shape index (κ1) is 15.9. The lowest BCUT2D eigenvalue weighted by Crippen LogP contribution is -2.42. The van der Waals surface area contributed by atoms with Crippen molar-refractivity contribution in [2.75, 3.05) is 18.4 Å². The van der Waals surface area contributed by atoms with Gasteiger partial charge < -0.3 is 4.90 Å². The van der Waals surface area contributed by atoms with Crippen molar-refractivity contribution in [3.05, 3.63) is 41.5 Å². The van der Waals surface area contributed by atoms with Gasteiger partial charge >= 0.3 is 6.03 Å². The number of rotatable bonds is 3. The summed E-state index contributed by atoms with van der Waals surface area (Å²) in [6.07, 6.45) is 2.93. The van der Waals surface area contributed by atoms with Gasteiger partial charge in [0.25, 0.3) is 0 Å². The number of amides is 2. The van der Waals surface area contributed by atoms with Crippen molar-refractivity contribution in [3.8, 4) is 0 Å². The lowest BCUT2D eigenvalue weighted by atomic mass is 9.91. The number of hydrogen-bond acceptors (Lipinski definition) is 4. The minimum atomic E-state index is -0.217. The number of halogens is 1. The van der Waals surface area contributed by atoms with Crippen LogP contribution in [0.4, 0.5) is 14.3 Å². The summed E-state index contributed by atoms with van der Waals surface area (Å²) in [5.74, 6) is 0.847. The Balaban J connectivity index is 1.57. The van der Waals surface area contributed by atoms with Crippen LogP contribution in [0.15, 0.2) is 24.3 Å². The van der Waals surface area contributed by atoms with Gasteiger partial charge in [-0.1, -0.05) is 12.1 Å². The molecule has 7 heteroatoms. The van der Waals surface area contributed by atoms with Gasteiger partial charge in [-0.15, -0.1) is 0 Å². The van der Waals surface area contributed by atoms with Gasteiger partial charge in [0.2, 0.25) is 5.13 Å². The van der Waals surface area contributed by atoms with E-state index < -0.39 is 0 Å². The molecule has 1 aromatic carbocycles. The summed E-state index contributed by atoms with van der Waals surface area (Å²) in [6.45, 7) is 3.26. The SMILES string of the molecule is Cc1nsc(NC(=O)N2CCCC(Cc3ccc(F)cc3)C2)n1. The molecule has 23 heavy (non-hydrogen) atoms. The maximum Gasteiger partial charge on any atom is 0.323 e. The summed E-state index contributed by atoms with van der Waals surface area (Å²) >= 11 is 1.19. The average molecular weight is 334 g/mol. The second-order valence-electron chi connectivity index (χ2n) is 5.86. The average Bonchev–Trinajstić information content (AvgIpc) is 2.95. The molecule has 1 fully saturated rings. The second kappa shape index (κ2) is 7.04. The van der Waals surface area contributed by atoms with Gasteiger partial charge in [-0.2, -0.15) is 4.37 Å². The Bertz CT molecular complexity index is 673. The number of carbonyl (C=O) groups is 1. The summed E-state index contributed by atoms with van der Waals surface area (Å²) in [6, 6.07) is 6.49. The number of aromatic nitrogens is 2. The molecule has 1 saturated heterocycles. The van der Waals surface area contributed by atoms with Gasteiger partial charge in [-0.05, 0) is 49.8 Å². The van der Waals surface area contributed by atoms with E-state index in [1.165, 1.54) is 23.7 Å². The van der Waals surface area contributed by atoms with E-state index in [2.05, 4.69) is 14.7 Å². The molecule has 3 rings (SSSR count).